The van der Waals surface area contributed by atoms with Gasteiger partial charge in [0, 0.05) is 0 Å². The number of likely N-dealkylation sites (tertiary alicyclic amines) is 1. The van der Waals surface area contributed by atoms with Crippen LogP contribution >= 0.6 is 0 Å². The van der Waals surface area contributed by atoms with Crippen molar-refractivity contribution in [2.45, 2.75) is 83.1 Å². The van der Waals surface area contributed by atoms with E-state index >= 15 is 0 Å². The van der Waals surface area contributed by atoms with Gasteiger partial charge in [-0.3, -0.25) is 9.28 Å². The summed E-state index contributed by atoms with van der Waals surface area (Å²) in [7, 11) is 0. The molecule has 1 aliphatic carbocycles. The molecule has 2 N–H and O–H groups in total. The maximum atomic E-state index is 12.2. The summed E-state index contributed by atoms with van der Waals surface area (Å²) in [5.41, 5.74) is 7.75. The minimum atomic E-state index is -0.263. The third-order valence-electron chi connectivity index (χ3n) is 6.54. The van der Waals surface area contributed by atoms with Gasteiger partial charge < -0.3 is 5.73 Å². The van der Waals surface area contributed by atoms with Crippen molar-refractivity contribution in [3.05, 3.63) is 29.8 Å². The Balaban J connectivity index is 2.02. The number of quaternary nitrogens is 1. The number of nitrogens with two attached hydrogens (primary N) is 1. The second kappa shape index (κ2) is 8.84. The van der Waals surface area contributed by atoms with Crippen molar-refractivity contribution < 1.29 is 4.79 Å². The summed E-state index contributed by atoms with van der Waals surface area (Å²) in [6.07, 6.45) is 16.0. The largest absolute Gasteiger partial charge is 0.365 e. The first kappa shape index (κ1) is 18.4. The zero-order chi connectivity index (χ0) is 17.5. The molecule has 3 heteroatoms. The maximum absolute atomic E-state index is 12.2. The first-order valence-electron chi connectivity index (χ1n) is 10.5. The van der Waals surface area contributed by atoms with Gasteiger partial charge in [0.25, 0.3) is 5.91 Å². The van der Waals surface area contributed by atoms with Crippen LogP contribution in [0.2, 0.25) is 0 Å². The number of carbonyl (C=O) groups excluding carboxylic acids is 1. The van der Waals surface area contributed by atoms with Crippen molar-refractivity contribution >= 4 is 11.6 Å². The zero-order valence-electron chi connectivity index (χ0n) is 15.7. The van der Waals surface area contributed by atoms with Crippen LogP contribution in [0, 0.1) is 0 Å². The Hall–Kier alpha value is -1.35. The summed E-state index contributed by atoms with van der Waals surface area (Å²) < 4.78 is 1.01. The summed E-state index contributed by atoms with van der Waals surface area (Å²) in [6, 6.07) is 8.85. The van der Waals surface area contributed by atoms with Crippen LogP contribution < -0.4 is 10.2 Å². The molecular formula is C22H35N2O+. The average molecular weight is 344 g/mol. The summed E-state index contributed by atoms with van der Waals surface area (Å²) in [5.74, 6) is -0.263. The zero-order valence-corrected chi connectivity index (χ0v) is 15.7. The van der Waals surface area contributed by atoms with E-state index in [-0.39, 0.29) is 5.91 Å². The molecule has 1 saturated carbocycles. The van der Waals surface area contributed by atoms with Gasteiger partial charge in [-0.2, -0.15) is 0 Å². The molecule has 1 aromatic carbocycles. The lowest BCUT2D eigenvalue weighted by Gasteiger charge is -2.47. The van der Waals surface area contributed by atoms with Crippen molar-refractivity contribution in [2.75, 3.05) is 13.1 Å². The fraction of sp³-hybridized carbons (Fsp3) is 0.682. The van der Waals surface area contributed by atoms with Crippen molar-refractivity contribution in [3.8, 4) is 0 Å². The standard InChI is InChI=1S/C22H34N2O/c23-22(25)20-15-9-10-16-21(20)24(17-11-5-2-6-12-18-24)19-13-7-3-1-4-8-14-19/h9-10,15-16,19H,1-8,11-14,17-18H2,(H-,23,25)/p+1. The van der Waals surface area contributed by atoms with E-state index in [4.69, 9.17) is 5.73 Å². The number of nitrogens with zero attached hydrogens (tertiary/aromatic N) is 1. The summed E-state index contributed by atoms with van der Waals surface area (Å²) in [6.45, 7) is 2.35. The molecule has 0 atom stereocenters. The lowest BCUT2D eigenvalue weighted by atomic mass is 9.90. The first-order valence-corrected chi connectivity index (χ1v) is 10.5. The smallest absolute Gasteiger partial charge is 0.254 e. The van der Waals surface area contributed by atoms with Crippen molar-refractivity contribution in [1.29, 1.82) is 0 Å². The molecule has 3 rings (SSSR count). The van der Waals surface area contributed by atoms with E-state index in [1.54, 1.807) is 0 Å². The Morgan fingerprint density at radius 2 is 1.32 bits per heavy atom. The molecule has 1 aliphatic heterocycles. The van der Waals surface area contributed by atoms with E-state index < -0.39 is 0 Å². The Labute approximate surface area is 153 Å². The number of para-hydroxylation sites is 1. The SMILES string of the molecule is NC(=O)c1ccccc1[N+]1(C2CCCCCCC2)CCCCCCC1. The molecule has 138 valence electrons. The third kappa shape index (κ3) is 4.25. The molecular weight excluding hydrogens is 308 g/mol. The molecule has 0 radical (unpaired) electrons. The third-order valence-corrected chi connectivity index (χ3v) is 6.54. The second-order valence-electron chi connectivity index (χ2n) is 8.13. The molecule has 25 heavy (non-hydrogen) atoms. The first-order chi connectivity index (χ1) is 12.2. The van der Waals surface area contributed by atoms with Gasteiger partial charge in [0.05, 0.1) is 24.7 Å². The van der Waals surface area contributed by atoms with Crippen LogP contribution in [0.15, 0.2) is 24.3 Å². The number of primary amides is 1. The summed E-state index contributed by atoms with van der Waals surface area (Å²) in [5, 5.41) is 0. The second-order valence-corrected chi connectivity index (χ2v) is 8.13. The van der Waals surface area contributed by atoms with Crippen molar-refractivity contribution in [2.24, 2.45) is 5.73 Å². The van der Waals surface area contributed by atoms with E-state index in [1.807, 2.05) is 12.1 Å². The lowest BCUT2D eigenvalue weighted by molar-refractivity contribution is 0.0991. The predicted molar refractivity (Wildman–Crippen MR) is 106 cm³/mol. The van der Waals surface area contributed by atoms with E-state index in [2.05, 4.69) is 12.1 Å². The molecule has 0 aromatic heterocycles. The fourth-order valence-corrected chi connectivity index (χ4v) is 5.23. The summed E-state index contributed by atoms with van der Waals surface area (Å²) >= 11 is 0. The molecule has 3 nitrogen and oxygen atoms in total. The van der Waals surface area contributed by atoms with E-state index in [9.17, 15) is 4.79 Å². The Kier molecular flexibility index (Phi) is 6.52. The topological polar surface area (TPSA) is 43.1 Å². The van der Waals surface area contributed by atoms with E-state index in [1.165, 1.54) is 95.8 Å². The van der Waals surface area contributed by atoms with Gasteiger partial charge in [0.15, 0.2) is 0 Å². The number of hydrogen-bond acceptors (Lipinski definition) is 1. The maximum Gasteiger partial charge on any atom is 0.254 e. The highest BCUT2D eigenvalue weighted by molar-refractivity contribution is 5.98. The summed E-state index contributed by atoms with van der Waals surface area (Å²) in [4.78, 5) is 12.2. The Bertz CT molecular complexity index is 553. The van der Waals surface area contributed by atoms with Crippen LogP contribution in [0.1, 0.15) is 87.4 Å². The quantitative estimate of drug-likeness (QED) is 0.756. The highest BCUT2D eigenvalue weighted by Crippen LogP contribution is 2.37. The number of carbonyl (C=O) groups is 1. The molecule has 0 unspecified atom stereocenters. The van der Waals surface area contributed by atoms with Gasteiger partial charge in [-0.1, -0.05) is 37.8 Å². The predicted octanol–water partition coefficient (Wildman–Crippen LogP) is 5.17. The van der Waals surface area contributed by atoms with Crippen molar-refractivity contribution in [1.82, 2.24) is 4.48 Å². The molecule has 1 aromatic rings. The monoisotopic (exact) mass is 343 g/mol. The normalized spacial score (nSPS) is 23.0. The van der Waals surface area contributed by atoms with Crippen LogP contribution in [0.25, 0.3) is 0 Å². The van der Waals surface area contributed by atoms with E-state index in [0.717, 1.165) is 10.0 Å². The molecule has 1 amide bonds. The van der Waals surface area contributed by atoms with Gasteiger partial charge in [-0.15, -0.1) is 0 Å². The molecule has 1 saturated heterocycles. The van der Waals surface area contributed by atoms with Crippen LogP contribution in [-0.4, -0.2) is 25.0 Å². The van der Waals surface area contributed by atoms with Crippen LogP contribution in [0.3, 0.4) is 0 Å². The number of hydrogen-bond donors (Lipinski definition) is 1. The van der Waals surface area contributed by atoms with Gasteiger partial charge in [-0.05, 0) is 63.5 Å². The lowest BCUT2D eigenvalue weighted by Crippen LogP contribution is -2.59. The average Bonchev–Trinajstić information content (AvgIpc) is 2.56. The highest BCUT2D eigenvalue weighted by Gasteiger charge is 2.40. The van der Waals surface area contributed by atoms with E-state index in [0.29, 0.717) is 6.04 Å². The molecule has 2 fully saturated rings. The minimum Gasteiger partial charge on any atom is -0.365 e. The Morgan fingerprint density at radius 3 is 1.92 bits per heavy atom. The van der Waals surface area contributed by atoms with Gasteiger partial charge in [0.1, 0.15) is 5.69 Å². The van der Waals surface area contributed by atoms with Crippen LogP contribution in [0.4, 0.5) is 5.69 Å². The molecule has 1 heterocycles. The van der Waals surface area contributed by atoms with Crippen LogP contribution in [-0.2, 0) is 0 Å². The molecule has 2 aliphatic rings. The van der Waals surface area contributed by atoms with Crippen LogP contribution in [0.5, 0.6) is 0 Å². The minimum absolute atomic E-state index is 0.263. The Morgan fingerprint density at radius 1 is 0.800 bits per heavy atom. The van der Waals surface area contributed by atoms with Gasteiger partial charge in [0.2, 0.25) is 0 Å². The van der Waals surface area contributed by atoms with Gasteiger partial charge >= 0.3 is 0 Å². The fourth-order valence-electron chi connectivity index (χ4n) is 5.23. The van der Waals surface area contributed by atoms with Crippen molar-refractivity contribution in [3.63, 3.8) is 0 Å². The molecule has 0 spiro atoms. The highest BCUT2D eigenvalue weighted by atomic mass is 16.1. The number of amides is 1. The number of benzene rings is 1. The number of rotatable bonds is 3. The molecule has 0 bridgehead atoms. The van der Waals surface area contributed by atoms with Gasteiger partial charge in [-0.25, -0.2) is 0 Å².